The van der Waals surface area contributed by atoms with Crippen molar-refractivity contribution in [1.29, 1.82) is 0 Å². The molecule has 18 heavy (non-hydrogen) atoms. The molecule has 0 aromatic heterocycles. The first-order valence-corrected chi connectivity index (χ1v) is 7.56. The predicted octanol–water partition coefficient (Wildman–Crippen LogP) is 2.92. The van der Waals surface area contributed by atoms with Gasteiger partial charge in [-0.15, -0.1) is 0 Å². The number of nitrogens with one attached hydrogen (secondary N) is 1. The van der Waals surface area contributed by atoms with Crippen molar-refractivity contribution in [3.8, 4) is 0 Å². The summed E-state index contributed by atoms with van der Waals surface area (Å²) in [4.78, 5) is 13.2. The van der Waals surface area contributed by atoms with Crippen LogP contribution in [-0.2, 0) is 11.3 Å². The summed E-state index contributed by atoms with van der Waals surface area (Å²) < 4.78 is 2.13. The highest BCUT2D eigenvalue weighted by atomic mass is 79.9. The number of halogens is 2. The molecule has 1 amide bonds. The van der Waals surface area contributed by atoms with Crippen LogP contribution in [0.15, 0.2) is 27.1 Å². The van der Waals surface area contributed by atoms with Gasteiger partial charge in [-0.25, -0.2) is 0 Å². The van der Waals surface area contributed by atoms with Crippen LogP contribution in [0.5, 0.6) is 0 Å². The minimum absolute atomic E-state index is 0.249. The van der Waals surface area contributed by atoms with Gasteiger partial charge >= 0.3 is 0 Å². The van der Waals surface area contributed by atoms with Gasteiger partial charge in [0.05, 0.1) is 0 Å². The molecular formula is C13H16Br2N2O. The van der Waals surface area contributed by atoms with Crippen molar-refractivity contribution in [3.05, 3.63) is 32.7 Å². The molecule has 0 bridgehead atoms. The van der Waals surface area contributed by atoms with Gasteiger partial charge in [0.15, 0.2) is 0 Å². The summed E-state index contributed by atoms with van der Waals surface area (Å²) in [6.07, 6.45) is 1.58. The van der Waals surface area contributed by atoms with E-state index in [0.29, 0.717) is 12.5 Å². The summed E-state index contributed by atoms with van der Waals surface area (Å²) >= 11 is 6.96. The largest absolute Gasteiger partial charge is 0.344 e. The molecule has 1 N–H and O–H groups in total. The fourth-order valence-corrected chi connectivity index (χ4v) is 2.76. The molecule has 0 aliphatic carbocycles. The van der Waals surface area contributed by atoms with Gasteiger partial charge in [0, 0.05) is 41.5 Å². The van der Waals surface area contributed by atoms with E-state index in [4.69, 9.17) is 0 Å². The Morgan fingerprint density at radius 3 is 2.83 bits per heavy atom. The molecule has 5 heteroatoms. The van der Waals surface area contributed by atoms with E-state index in [2.05, 4.69) is 49.3 Å². The van der Waals surface area contributed by atoms with Gasteiger partial charge in [-0.1, -0.05) is 6.07 Å². The fourth-order valence-electron chi connectivity index (χ4n) is 2.09. The molecule has 1 heterocycles. The van der Waals surface area contributed by atoms with Crippen molar-refractivity contribution in [2.75, 3.05) is 13.6 Å². The highest BCUT2D eigenvalue weighted by Crippen LogP contribution is 2.23. The standard InChI is InChI=1S/C13H16Br2N2O/c1-17-8-10(3-5-13(17)18)16-7-9-2-4-11(14)12(15)6-9/h2,4,6,10,16H,3,5,7-8H2,1H3. The summed E-state index contributed by atoms with van der Waals surface area (Å²) in [6.45, 7) is 1.63. The summed E-state index contributed by atoms with van der Waals surface area (Å²) in [5.41, 5.74) is 1.24. The van der Waals surface area contributed by atoms with Gasteiger partial charge in [-0.2, -0.15) is 0 Å². The normalized spacial score (nSPS) is 20.3. The molecule has 1 fully saturated rings. The van der Waals surface area contributed by atoms with Crippen LogP contribution in [0.4, 0.5) is 0 Å². The van der Waals surface area contributed by atoms with Crippen molar-refractivity contribution in [2.45, 2.75) is 25.4 Å². The van der Waals surface area contributed by atoms with Crippen LogP contribution >= 0.6 is 31.9 Å². The van der Waals surface area contributed by atoms with Crippen molar-refractivity contribution in [1.82, 2.24) is 10.2 Å². The number of hydrogen-bond donors (Lipinski definition) is 1. The first kappa shape index (κ1) is 14.0. The molecule has 1 unspecified atom stereocenters. The molecule has 3 nitrogen and oxygen atoms in total. The Bertz CT molecular complexity index is 451. The van der Waals surface area contributed by atoms with Crippen LogP contribution in [0, 0.1) is 0 Å². The third kappa shape index (κ3) is 3.56. The molecule has 1 atom stereocenters. The molecule has 1 aliphatic rings. The summed E-state index contributed by atoms with van der Waals surface area (Å²) in [6, 6.07) is 6.64. The number of amides is 1. The third-order valence-electron chi connectivity index (χ3n) is 3.21. The quantitative estimate of drug-likeness (QED) is 0.880. The Kier molecular flexibility index (Phi) is 4.81. The van der Waals surface area contributed by atoms with Crippen molar-refractivity contribution >= 4 is 37.8 Å². The number of carbonyl (C=O) groups is 1. The smallest absolute Gasteiger partial charge is 0.222 e. The van der Waals surface area contributed by atoms with Crippen molar-refractivity contribution in [2.24, 2.45) is 0 Å². The number of likely N-dealkylation sites (N-methyl/N-ethyl adjacent to an activating group) is 1. The predicted molar refractivity (Wildman–Crippen MR) is 79.3 cm³/mol. The first-order chi connectivity index (χ1) is 8.56. The first-order valence-electron chi connectivity index (χ1n) is 5.97. The van der Waals surface area contributed by atoms with Gasteiger partial charge in [-0.05, 0) is 56.0 Å². The van der Waals surface area contributed by atoms with E-state index in [9.17, 15) is 4.79 Å². The van der Waals surface area contributed by atoms with E-state index in [-0.39, 0.29) is 5.91 Å². The number of likely N-dealkylation sites (tertiary alicyclic amines) is 1. The SMILES string of the molecule is CN1CC(NCc2ccc(Br)c(Br)c2)CCC1=O. The average molecular weight is 376 g/mol. The lowest BCUT2D eigenvalue weighted by Crippen LogP contribution is -2.46. The maximum Gasteiger partial charge on any atom is 0.222 e. The molecule has 1 aliphatic heterocycles. The molecule has 98 valence electrons. The topological polar surface area (TPSA) is 32.3 Å². The summed E-state index contributed by atoms with van der Waals surface area (Å²) in [7, 11) is 1.87. The fraction of sp³-hybridized carbons (Fsp3) is 0.462. The van der Waals surface area contributed by atoms with Crippen LogP contribution in [0.2, 0.25) is 0 Å². The van der Waals surface area contributed by atoms with Crippen LogP contribution in [-0.4, -0.2) is 30.4 Å². The zero-order chi connectivity index (χ0) is 13.1. The van der Waals surface area contributed by atoms with Gasteiger partial charge in [0.1, 0.15) is 0 Å². The van der Waals surface area contributed by atoms with Crippen molar-refractivity contribution < 1.29 is 4.79 Å². The second-order valence-corrected chi connectivity index (χ2v) is 6.35. The zero-order valence-corrected chi connectivity index (χ0v) is 13.4. The lowest BCUT2D eigenvalue weighted by Gasteiger charge is -2.30. The van der Waals surface area contributed by atoms with E-state index in [1.807, 2.05) is 13.1 Å². The van der Waals surface area contributed by atoms with Gasteiger partial charge in [0.2, 0.25) is 5.91 Å². The number of carbonyl (C=O) groups excluding carboxylic acids is 1. The number of rotatable bonds is 3. The van der Waals surface area contributed by atoms with E-state index in [1.54, 1.807) is 4.90 Å². The molecule has 0 saturated carbocycles. The van der Waals surface area contributed by atoms with E-state index < -0.39 is 0 Å². The Hall–Kier alpha value is -0.390. The number of piperidine rings is 1. The number of benzene rings is 1. The zero-order valence-electron chi connectivity index (χ0n) is 10.2. The minimum atomic E-state index is 0.249. The van der Waals surface area contributed by atoms with Crippen LogP contribution < -0.4 is 5.32 Å². The van der Waals surface area contributed by atoms with E-state index in [1.165, 1.54) is 5.56 Å². The van der Waals surface area contributed by atoms with Gasteiger partial charge in [-0.3, -0.25) is 4.79 Å². The maximum atomic E-state index is 11.4. The molecular weight excluding hydrogens is 360 g/mol. The van der Waals surface area contributed by atoms with Crippen LogP contribution in [0.3, 0.4) is 0 Å². The molecule has 1 aromatic rings. The minimum Gasteiger partial charge on any atom is -0.344 e. The molecule has 1 saturated heterocycles. The van der Waals surface area contributed by atoms with Gasteiger partial charge in [0.25, 0.3) is 0 Å². The average Bonchev–Trinajstić information content (AvgIpc) is 2.35. The molecule has 2 rings (SSSR count). The molecule has 0 spiro atoms. The van der Waals surface area contributed by atoms with E-state index in [0.717, 1.165) is 28.5 Å². The molecule has 0 radical (unpaired) electrons. The van der Waals surface area contributed by atoms with Crippen LogP contribution in [0.25, 0.3) is 0 Å². The third-order valence-corrected chi connectivity index (χ3v) is 5.09. The highest BCUT2D eigenvalue weighted by Gasteiger charge is 2.22. The lowest BCUT2D eigenvalue weighted by atomic mass is 10.1. The van der Waals surface area contributed by atoms with Gasteiger partial charge < -0.3 is 10.2 Å². The second-order valence-electron chi connectivity index (χ2n) is 4.64. The monoisotopic (exact) mass is 374 g/mol. The Balaban J connectivity index is 1.88. The summed E-state index contributed by atoms with van der Waals surface area (Å²) in [5, 5.41) is 3.51. The van der Waals surface area contributed by atoms with Crippen LogP contribution in [0.1, 0.15) is 18.4 Å². The Labute approximate surface area is 124 Å². The maximum absolute atomic E-state index is 11.4. The number of hydrogen-bond acceptors (Lipinski definition) is 2. The number of nitrogens with zero attached hydrogens (tertiary/aromatic N) is 1. The second kappa shape index (κ2) is 6.17. The molecule has 1 aromatic carbocycles. The Morgan fingerprint density at radius 1 is 1.39 bits per heavy atom. The van der Waals surface area contributed by atoms with E-state index >= 15 is 0 Å². The lowest BCUT2D eigenvalue weighted by molar-refractivity contribution is -0.132. The highest BCUT2D eigenvalue weighted by molar-refractivity contribution is 9.13. The Morgan fingerprint density at radius 2 is 2.17 bits per heavy atom. The summed E-state index contributed by atoms with van der Waals surface area (Å²) in [5.74, 6) is 0.249. The van der Waals surface area contributed by atoms with Crippen molar-refractivity contribution in [3.63, 3.8) is 0 Å².